The van der Waals surface area contributed by atoms with Gasteiger partial charge in [0.25, 0.3) is 0 Å². The summed E-state index contributed by atoms with van der Waals surface area (Å²) < 4.78 is 6.44. The Kier molecular flexibility index (Phi) is 6.88. The number of benzene rings is 2. The van der Waals surface area contributed by atoms with Crippen LogP contribution >= 0.6 is 0 Å². The van der Waals surface area contributed by atoms with Crippen LogP contribution in [-0.2, 0) is 32.6 Å². The lowest BCUT2D eigenvalue weighted by Crippen LogP contribution is -2.41. The van der Waals surface area contributed by atoms with Crippen molar-refractivity contribution in [1.29, 1.82) is 0 Å². The molecule has 6 rings (SSSR count). The first kappa shape index (κ1) is 23.3. The highest BCUT2D eigenvalue weighted by atomic mass is 16.5. The SMILES string of the molecule is c1ccc(CNCc2ccc(CN(Cc3nc4ccccc4[nH]3)C3CCc4ncccc4O3)cc2)nc1. The number of H-pyrrole nitrogens is 1. The van der Waals surface area contributed by atoms with Crippen molar-refractivity contribution in [2.75, 3.05) is 0 Å². The third-order valence-corrected chi connectivity index (χ3v) is 6.71. The lowest BCUT2D eigenvalue weighted by atomic mass is 10.1. The molecule has 0 saturated heterocycles. The second-order valence-corrected chi connectivity index (χ2v) is 9.41. The summed E-state index contributed by atoms with van der Waals surface area (Å²) in [7, 11) is 0. The number of fused-ring (bicyclic) bond motifs is 2. The van der Waals surface area contributed by atoms with E-state index in [1.54, 1.807) is 0 Å². The zero-order valence-corrected chi connectivity index (χ0v) is 20.7. The van der Waals surface area contributed by atoms with Crippen LogP contribution in [-0.4, -0.2) is 31.1 Å². The summed E-state index contributed by atoms with van der Waals surface area (Å²) in [5, 5.41) is 3.47. The fourth-order valence-electron chi connectivity index (χ4n) is 4.81. The fourth-order valence-corrected chi connectivity index (χ4v) is 4.81. The second-order valence-electron chi connectivity index (χ2n) is 9.41. The molecule has 1 aliphatic heterocycles. The van der Waals surface area contributed by atoms with E-state index in [4.69, 9.17) is 9.72 Å². The molecule has 0 fully saturated rings. The van der Waals surface area contributed by atoms with E-state index >= 15 is 0 Å². The van der Waals surface area contributed by atoms with E-state index in [0.29, 0.717) is 6.54 Å². The molecule has 7 heteroatoms. The molecule has 0 aliphatic carbocycles. The molecule has 1 atom stereocenters. The van der Waals surface area contributed by atoms with E-state index in [1.807, 2.05) is 60.9 Å². The predicted molar refractivity (Wildman–Crippen MR) is 144 cm³/mol. The Morgan fingerprint density at radius 3 is 2.54 bits per heavy atom. The van der Waals surface area contributed by atoms with Crippen LogP contribution in [0.2, 0.25) is 0 Å². The van der Waals surface area contributed by atoms with E-state index in [2.05, 4.69) is 55.5 Å². The Balaban J connectivity index is 1.16. The Morgan fingerprint density at radius 1 is 0.838 bits per heavy atom. The molecule has 1 aliphatic rings. The van der Waals surface area contributed by atoms with Gasteiger partial charge in [0.15, 0.2) is 6.23 Å². The summed E-state index contributed by atoms with van der Waals surface area (Å²) in [6.07, 6.45) is 5.40. The van der Waals surface area contributed by atoms with Gasteiger partial charge in [-0.05, 0) is 53.9 Å². The monoisotopic (exact) mass is 490 g/mol. The summed E-state index contributed by atoms with van der Waals surface area (Å²) >= 11 is 0. The highest BCUT2D eigenvalue weighted by molar-refractivity contribution is 5.74. The van der Waals surface area contributed by atoms with Gasteiger partial charge in [-0.25, -0.2) is 4.98 Å². The molecular formula is C30H30N6O. The minimum Gasteiger partial charge on any atom is -0.473 e. The molecule has 0 radical (unpaired) electrons. The van der Waals surface area contributed by atoms with Crippen molar-refractivity contribution >= 4 is 11.0 Å². The predicted octanol–water partition coefficient (Wildman–Crippen LogP) is 5.00. The maximum atomic E-state index is 6.44. The highest BCUT2D eigenvalue weighted by Crippen LogP contribution is 2.28. The molecule has 7 nitrogen and oxygen atoms in total. The highest BCUT2D eigenvalue weighted by Gasteiger charge is 2.27. The molecule has 0 bridgehead atoms. The summed E-state index contributed by atoms with van der Waals surface area (Å²) in [5.41, 5.74) is 6.61. The van der Waals surface area contributed by atoms with Crippen LogP contribution < -0.4 is 10.1 Å². The van der Waals surface area contributed by atoms with Crippen molar-refractivity contribution in [3.63, 3.8) is 0 Å². The quantitative estimate of drug-likeness (QED) is 0.303. The van der Waals surface area contributed by atoms with Crippen LogP contribution in [0.4, 0.5) is 0 Å². The number of hydrogen-bond acceptors (Lipinski definition) is 6. The molecule has 0 amide bonds. The maximum Gasteiger partial charge on any atom is 0.153 e. The van der Waals surface area contributed by atoms with Crippen molar-refractivity contribution in [3.05, 3.63) is 120 Å². The first-order chi connectivity index (χ1) is 18.3. The molecule has 0 spiro atoms. The number of pyridine rings is 2. The Hall–Kier alpha value is -4.07. The largest absolute Gasteiger partial charge is 0.473 e. The standard InChI is InChI=1S/C30H30N6O/c1-2-8-26-25(7-1)34-29(35-26)21-36(30-15-14-27-28(37-30)9-5-17-33-27)20-23-12-10-22(11-13-23)18-31-19-24-6-3-4-16-32-24/h1-13,16-17,30-31H,14-15,18-21H2,(H,34,35). The van der Waals surface area contributed by atoms with Crippen LogP contribution in [0.5, 0.6) is 5.75 Å². The van der Waals surface area contributed by atoms with E-state index < -0.39 is 0 Å². The molecule has 37 heavy (non-hydrogen) atoms. The second kappa shape index (κ2) is 10.9. The van der Waals surface area contributed by atoms with Gasteiger partial charge in [0.1, 0.15) is 11.6 Å². The van der Waals surface area contributed by atoms with E-state index in [9.17, 15) is 0 Å². The van der Waals surface area contributed by atoms with Crippen LogP contribution in [0.15, 0.2) is 91.3 Å². The van der Waals surface area contributed by atoms with Gasteiger partial charge < -0.3 is 15.0 Å². The van der Waals surface area contributed by atoms with Gasteiger partial charge in [0, 0.05) is 38.4 Å². The summed E-state index contributed by atoms with van der Waals surface area (Å²) in [6, 6.07) is 26.9. The fraction of sp³-hybridized carbons (Fsp3) is 0.233. The molecule has 3 aromatic heterocycles. The molecule has 0 saturated carbocycles. The molecule has 4 heterocycles. The molecule has 1 unspecified atom stereocenters. The van der Waals surface area contributed by atoms with Crippen LogP contribution in [0, 0.1) is 0 Å². The third-order valence-electron chi connectivity index (χ3n) is 6.71. The van der Waals surface area contributed by atoms with E-state index in [0.717, 1.165) is 66.5 Å². The number of hydrogen-bond donors (Lipinski definition) is 2. The summed E-state index contributed by atoms with van der Waals surface area (Å²) in [4.78, 5) is 19.5. The number of aromatic nitrogens is 4. The van der Waals surface area contributed by atoms with Crippen LogP contribution in [0.25, 0.3) is 11.0 Å². The smallest absolute Gasteiger partial charge is 0.153 e. The lowest BCUT2D eigenvalue weighted by Gasteiger charge is -2.34. The number of imidazole rings is 1. The van der Waals surface area contributed by atoms with Crippen molar-refractivity contribution in [2.45, 2.75) is 45.2 Å². The molecule has 2 aromatic carbocycles. The van der Waals surface area contributed by atoms with E-state index in [-0.39, 0.29) is 6.23 Å². The van der Waals surface area contributed by atoms with Gasteiger partial charge in [0.05, 0.1) is 29.0 Å². The van der Waals surface area contributed by atoms with Gasteiger partial charge in [-0.3, -0.25) is 14.9 Å². The number of ether oxygens (including phenoxy) is 1. The first-order valence-corrected chi connectivity index (χ1v) is 12.8. The Bertz CT molecular complexity index is 1420. The Labute approximate surface area is 216 Å². The Morgan fingerprint density at radius 2 is 1.68 bits per heavy atom. The van der Waals surface area contributed by atoms with Crippen molar-refractivity contribution < 1.29 is 4.74 Å². The van der Waals surface area contributed by atoms with Crippen LogP contribution in [0.1, 0.15) is 34.8 Å². The number of rotatable bonds is 9. The molecule has 186 valence electrons. The summed E-state index contributed by atoms with van der Waals surface area (Å²) in [6.45, 7) is 2.99. The van der Waals surface area contributed by atoms with Gasteiger partial charge in [-0.1, -0.05) is 42.5 Å². The number of nitrogens with zero attached hydrogens (tertiary/aromatic N) is 4. The zero-order chi connectivity index (χ0) is 24.9. The van der Waals surface area contributed by atoms with E-state index in [1.165, 1.54) is 11.1 Å². The minimum atomic E-state index is -0.0513. The lowest BCUT2D eigenvalue weighted by molar-refractivity contribution is -0.00450. The van der Waals surface area contributed by atoms with Gasteiger partial charge in [-0.15, -0.1) is 0 Å². The average Bonchev–Trinajstić information content (AvgIpc) is 3.36. The van der Waals surface area contributed by atoms with Gasteiger partial charge in [0.2, 0.25) is 0 Å². The maximum absolute atomic E-state index is 6.44. The van der Waals surface area contributed by atoms with Crippen molar-refractivity contribution in [3.8, 4) is 5.75 Å². The molecule has 2 N–H and O–H groups in total. The van der Waals surface area contributed by atoms with Crippen LogP contribution in [0.3, 0.4) is 0 Å². The van der Waals surface area contributed by atoms with Gasteiger partial charge in [-0.2, -0.15) is 0 Å². The van der Waals surface area contributed by atoms with Crippen molar-refractivity contribution in [1.82, 2.24) is 30.2 Å². The normalized spacial score (nSPS) is 15.0. The number of para-hydroxylation sites is 2. The number of aryl methyl sites for hydroxylation is 1. The first-order valence-electron chi connectivity index (χ1n) is 12.8. The molecular weight excluding hydrogens is 460 g/mol. The van der Waals surface area contributed by atoms with Gasteiger partial charge >= 0.3 is 0 Å². The van der Waals surface area contributed by atoms with Crippen molar-refractivity contribution in [2.24, 2.45) is 0 Å². The topological polar surface area (TPSA) is 79.0 Å². The third kappa shape index (κ3) is 5.69. The average molecular weight is 491 g/mol. The molecule has 5 aromatic rings. The number of nitrogens with one attached hydrogen (secondary N) is 2. The zero-order valence-electron chi connectivity index (χ0n) is 20.7. The summed E-state index contributed by atoms with van der Waals surface area (Å²) in [5.74, 6) is 1.82. The number of aromatic amines is 1. The minimum absolute atomic E-state index is 0.0513.